The molecule has 26 heavy (non-hydrogen) atoms. The van der Waals surface area contributed by atoms with Crippen molar-refractivity contribution in [3.05, 3.63) is 58.7 Å². The number of hydrogen-bond acceptors (Lipinski definition) is 0. The van der Waals surface area contributed by atoms with E-state index < -0.39 is 0 Å². The Morgan fingerprint density at radius 2 is 1.08 bits per heavy atom. The molecule has 0 aliphatic carbocycles. The normalized spacial score (nSPS) is 12.9. The largest absolute Gasteiger partial charge is 0.0617 e. The van der Waals surface area contributed by atoms with Crippen molar-refractivity contribution in [3.8, 4) is 11.1 Å². The molecule has 0 unspecified atom stereocenters. The van der Waals surface area contributed by atoms with Crippen molar-refractivity contribution in [2.24, 2.45) is 0 Å². The van der Waals surface area contributed by atoms with E-state index in [2.05, 4.69) is 106 Å². The molecule has 2 rings (SSSR count). The van der Waals surface area contributed by atoms with E-state index in [1.54, 1.807) is 0 Å². The van der Waals surface area contributed by atoms with Gasteiger partial charge in [0.05, 0.1) is 0 Å². The van der Waals surface area contributed by atoms with E-state index in [1.807, 2.05) is 0 Å². The van der Waals surface area contributed by atoms with Crippen LogP contribution in [0.1, 0.15) is 103 Å². The van der Waals surface area contributed by atoms with E-state index in [0.29, 0.717) is 11.8 Å². The van der Waals surface area contributed by atoms with Crippen molar-refractivity contribution in [1.29, 1.82) is 0 Å². The molecule has 0 saturated carbocycles. The van der Waals surface area contributed by atoms with Crippen LogP contribution in [0.4, 0.5) is 0 Å². The van der Waals surface area contributed by atoms with E-state index in [9.17, 15) is 0 Å². The Hall–Kier alpha value is -1.56. The van der Waals surface area contributed by atoms with Crippen LogP contribution in [-0.4, -0.2) is 0 Å². The Morgan fingerprint density at radius 3 is 1.38 bits per heavy atom. The predicted octanol–water partition coefficient (Wildman–Crippen LogP) is 8.00. The van der Waals surface area contributed by atoms with Crippen molar-refractivity contribution in [2.45, 2.75) is 91.9 Å². The summed E-state index contributed by atoms with van der Waals surface area (Å²) in [6.07, 6.45) is 0. The summed E-state index contributed by atoms with van der Waals surface area (Å²) in [6.45, 7) is 22.9. The van der Waals surface area contributed by atoms with Crippen LogP contribution in [-0.2, 0) is 10.8 Å². The van der Waals surface area contributed by atoms with E-state index >= 15 is 0 Å². The minimum absolute atomic E-state index is 0.0841. The van der Waals surface area contributed by atoms with Crippen molar-refractivity contribution < 1.29 is 0 Å². The molecule has 0 spiro atoms. The fourth-order valence-corrected chi connectivity index (χ4v) is 3.41. The van der Waals surface area contributed by atoms with Gasteiger partial charge in [-0.3, -0.25) is 0 Å². The maximum atomic E-state index is 3.73. The smallest absolute Gasteiger partial charge is 0.0103 e. The summed E-state index contributed by atoms with van der Waals surface area (Å²) in [5.41, 5.74) is 8.45. The molecule has 0 aromatic heterocycles. The second-order valence-corrected chi connectivity index (χ2v) is 10.3. The fourth-order valence-electron chi connectivity index (χ4n) is 3.41. The van der Waals surface area contributed by atoms with Crippen molar-refractivity contribution in [3.63, 3.8) is 0 Å². The van der Waals surface area contributed by atoms with E-state index in [1.165, 1.54) is 33.4 Å². The Bertz CT molecular complexity index is 703. The average Bonchev–Trinajstić information content (AvgIpc) is 2.51. The van der Waals surface area contributed by atoms with E-state index in [-0.39, 0.29) is 10.8 Å². The van der Waals surface area contributed by atoms with Crippen LogP contribution in [0.3, 0.4) is 0 Å². The lowest BCUT2D eigenvalue weighted by molar-refractivity contribution is 0.567. The summed E-state index contributed by atoms with van der Waals surface area (Å²) in [5.74, 6) is 1.01. The maximum Gasteiger partial charge on any atom is -0.0103 e. The van der Waals surface area contributed by atoms with Crippen LogP contribution in [0.25, 0.3) is 11.1 Å². The number of rotatable bonds is 3. The van der Waals surface area contributed by atoms with Gasteiger partial charge in [-0.1, -0.05) is 87.4 Å². The molecule has 0 aliphatic rings. The molecule has 141 valence electrons. The lowest BCUT2D eigenvalue weighted by atomic mass is 9.77. The maximum absolute atomic E-state index is 3.73. The molecular weight excluding hydrogens is 312 g/mol. The Morgan fingerprint density at radius 1 is 0.692 bits per heavy atom. The first-order chi connectivity index (χ1) is 11.8. The zero-order valence-corrected chi connectivity index (χ0v) is 18.5. The van der Waals surface area contributed by atoms with Crippen LogP contribution in [0, 0.1) is 6.07 Å². The van der Waals surface area contributed by atoms with Crippen LogP contribution >= 0.6 is 0 Å². The van der Waals surface area contributed by atoms with Crippen LogP contribution in [0.2, 0.25) is 0 Å². The fraction of sp³-hybridized carbons (Fsp3) is 0.538. The average molecular weight is 350 g/mol. The van der Waals surface area contributed by atoms with Gasteiger partial charge in [0.15, 0.2) is 0 Å². The minimum atomic E-state index is 0.0841. The van der Waals surface area contributed by atoms with Crippen molar-refractivity contribution in [1.82, 2.24) is 0 Å². The van der Waals surface area contributed by atoms with Gasteiger partial charge < -0.3 is 0 Å². The quantitative estimate of drug-likeness (QED) is 0.526. The van der Waals surface area contributed by atoms with Gasteiger partial charge in [-0.15, -0.1) is 0 Å². The summed E-state index contributed by atoms with van der Waals surface area (Å²) in [6, 6.07) is 15.3. The minimum Gasteiger partial charge on any atom is -0.0617 e. The molecule has 0 fully saturated rings. The van der Waals surface area contributed by atoms with E-state index in [0.717, 1.165) is 0 Å². The summed E-state index contributed by atoms with van der Waals surface area (Å²) < 4.78 is 0. The van der Waals surface area contributed by atoms with Gasteiger partial charge in [0.25, 0.3) is 0 Å². The molecule has 0 nitrogen and oxygen atoms in total. The molecule has 2 aromatic rings. The SMILES string of the molecule is CC(C)c1cccc(C(C)C)c1-c1cc(C(C)(C)C)[c]c(C(C)(C)C)c1. The highest BCUT2D eigenvalue weighted by Crippen LogP contribution is 2.39. The van der Waals surface area contributed by atoms with E-state index in [4.69, 9.17) is 0 Å². The highest BCUT2D eigenvalue weighted by molar-refractivity contribution is 5.74. The topological polar surface area (TPSA) is 0 Å². The van der Waals surface area contributed by atoms with Gasteiger partial charge in [0.2, 0.25) is 0 Å². The van der Waals surface area contributed by atoms with Crippen molar-refractivity contribution in [2.75, 3.05) is 0 Å². The van der Waals surface area contributed by atoms with Crippen LogP contribution in [0.5, 0.6) is 0 Å². The highest BCUT2D eigenvalue weighted by Gasteiger charge is 2.23. The Kier molecular flexibility index (Phi) is 5.76. The monoisotopic (exact) mass is 349 g/mol. The third-order valence-electron chi connectivity index (χ3n) is 5.15. The molecule has 1 radical (unpaired) electrons. The van der Waals surface area contributed by atoms with Crippen molar-refractivity contribution >= 4 is 0 Å². The van der Waals surface area contributed by atoms with Gasteiger partial charge in [0, 0.05) is 0 Å². The Labute approximate surface area is 162 Å². The zero-order valence-electron chi connectivity index (χ0n) is 18.5. The van der Waals surface area contributed by atoms with Crippen LogP contribution < -0.4 is 0 Å². The molecule has 0 bridgehead atoms. The number of hydrogen-bond donors (Lipinski definition) is 0. The Balaban J connectivity index is 2.88. The molecule has 0 aliphatic heterocycles. The van der Waals surface area contributed by atoms with Crippen LogP contribution in [0.15, 0.2) is 30.3 Å². The molecular formula is C26H37. The summed E-state index contributed by atoms with van der Waals surface area (Å²) in [7, 11) is 0. The molecule has 0 heteroatoms. The molecule has 0 saturated heterocycles. The van der Waals surface area contributed by atoms with Gasteiger partial charge in [-0.2, -0.15) is 0 Å². The first-order valence-electron chi connectivity index (χ1n) is 10.0. The third kappa shape index (κ3) is 4.40. The molecule has 0 atom stereocenters. The van der Waals surface area contributed by atoms with Gasteiger partial charge in [-0.25, -0.2) is 0 Å². The standard InChI is InChI=1S/C26H37/c1-17(2)22-12-11-13-23(18(3)4)24(22)19-14-20(25(5,6)7)16-21(15-19)26(8,9)10/h11-15,17-18H,1-10H3. The summed E-state index contributed by atoms with van der Waals surface area (Å²) >= 11 is 0. The zero-order chi connectivity index (χ0) is 19.9. The first-order valence-corrected chi connectivity index (χ1v) is 10.0. The third-order valence-corrected chi connectivity index (χ3v) is 5.15. The highest BCUT2D eigenvalue weighted by atomic mass is 14.3. The van der Waals surface area contributed by atoms with Gasteiger partial charge >= 0.3 is 0 Å². The number of benzene rings is 2. The lowest BCUT2D eigenvalue weighted by Gasteiger charge is -2.27. The predicted molar refractivity (Wildman–Crippen MR) is 116 cm³/mol. The summed E-state index contributed by atoms with van der Waals surface area (Å²) in [5, 5.41) is 0. The first kappa shape index (κ1) is 20.7. The molecule has 0 amide bonds. The second kappa shape index (κ2) is 7.22. The van der Waals surface area contributed by atoms with Gasteiger partial charge in [-0.05, 0) is 74.2 Å². The second-order valence-electron chi connectivity index (χ2n) is 10.3. The van der Waals surface area contributed by atoms with Gasteiger partial charge in [0.1, 0.15) is 0 Å². The molecule has 2 aromatic carbocycles. The molecule has 0 N–H and O–H groups in total. The molecule has 0 heterocycles. The summed E-state index contributed by atoms with van der Waals surface area (Å²) in [4.78, 5) is 0. The lowest BCUT2D eigenvalue weighted by Crippen LogP contribution is -2.17.